The van der Waals surface area contributed by atoms with Gasteiger partial charge in [0.05, 0.1) is 6.10 Å². The average Bonchev–Trinajstić information content (AvgIpc) is 2.48. The Labute approximate surface area is 84.9 Å². The molecule has 4 N–H and O–H groups in total. The molecule has 1 aliphatic carbocycles. The molecule has 1 fully saturated rings. The maximum atomic E-state index is 11.4. The lowest BCUT2D eigenvalue weighted by Gasteiger charge is -2.22. The van der Waals surface area contributed by atoms with Crippen molar-refractivity contribution in [2.45, 2.75) is 50.7 Å². The van der Waals surface area contributed by atoms with Crippen LogP contribution in [0.4, 0.5) is 0 Å². The lowest BCUT2D eigenvalue weighted by molar-refractivity contribution is -0.122. The van der Waals surface area contributed by atoms with Crippen molar-refractivity contribution in [3.05, 3.63) is 0 Å². The Morgan fingerprint density at radius 2 is 2.14 bits per heavy atom. The van der Waals surface area contributed by atoms with E-state index in [0.717, 1.165) is 25.7 Å². The van der Waals surface area contributed by atoms with Crippen molar-refractivity contribution in [1.29, 1.82) is 0 Å². The molecule has 0 aromatic carbocycles. The number of hydrogen-bond acceptors (Lipinski definition) is 3. The van der Waals surface area contributed by atoms with Crippen LogP contribution in [-0.2, 0) is 4.79 Å². The van der Waals surface area contributed by atoms with Crippen LogP contribution in [0.15, 0.2) is 0 Å². The molecule has 1 rings (SSSR count). The van der Waals surface area contributed by atoms with E-state index >= 15 is 0 Å². The molecule has 14 heavy (non-hydrogen) atoms. The summed E-state index contributed by atoms with van der Waals surface area (Å²) in [5, 5.41) is 11.6. The van der Waals surface area contributed by atoms with Crippen molar-refractivity contribution >= 4 is 5.91 Å². The number of carbonyl (C=O) groups excluding carboxylic acids is 1. The van der Waals surface area contributed by atoms with Crippen molar-refractivity contribution in [1.82, 2.24) is 5.32 Å². The van der Waals surface area contributed by atoms with Gasteiger partial charge in [0.15, 0.2) is 0 Å². The van der Waals surface area contributed by atoms with E-state index in [2.05, 4.69) is 5.32 Å². The van der Waals surface area contributed by atoms with Gasteiger partial charge in [-0.1, -0.05) is 12.8 Å². The summed E-state index contributed by atoms with van der Waals surface area (Å²) >= 11 is 0. The number of rotatable bonds is 4. The van der Waals surface area contributed by atoms with Crippen LogP contribution in [-0.4, -0.2) is 29.2 Å². The van der Waals surface area contributed by atoms with Gasteiger partial charge in [-0.3, -0.25) is 4.79 Å². The summed E-state index contributed by atoms with van der Waals surface area (Å²) in [7, 11) is 0. The highest BCUT2D eigenvalue weighted by Gasteiger charge is 2.31. The summed E-state index contributed by atoms with van der Waals surface area (Å²) in [6, 6.07) is 0. The third kappa shape index (κ3) is 3.64. The van der Waals surface area contributed by atoms with Crippen LogP contribution in [0.25, 0.3) is 0 Å². The van der Waals surface area contributed by atoms with Crippen LogP contribution in [0.5, 0.6) is 0 Å². The van der Waals surface area contributed by atoms with Crippen LogP contribution < -0.4 is 11.1 Å². The first-order chi connectivity index (χ1) is 6.52. The standard InChI is InChI=1S/C10H20N2O2/c1-8(13)7-12-9(14)6-10(11)4-2-3-5-10/h8,13H,2-7,11H2,1H3,(H,12,14). The third-order valence-electron chi connectivity index (χ3n) is 2.71. The van der Waals surface area contributed by atoms with E-state index in [4.69, 9.17) is 10.8 Å². The van der Waals surface area contributed by atoms with Gasteiger partial charge in [0.2, 0.25) is 5.91 Å². The molecule has 1 saturated carbocycles. The molecule has 0 aromatic heterocycles. The Hall–Kier alpha value is -0.610. The van der Waals surface area contributed by atoms with Gasteiger partial charge >= 0.3 is 0 Å². The highest BCUT2D eigenvalue weighted by molar-refractivity contribution is 5.77. The molecule has 0 bridgehead atoms. The minimum Gasteiger partial charge on any atom is -0.392 e. The van der Waals surface area contributed by atoms with Gasteiger partial charge in [-0.2, -0.15) is 0 Å². The zero-order valence-corrected chi connectivity index (χ0v) is 8.75. The summed E-state index contributed by atoms with van der Waals surface area (Å²) in [5.41, 5.74) is 5.75. The lowest BCUT2D eigenvalue weighted by Crippen LogP contribution is -2.43. The van der Waals surface area contributed by atoms with Crippen molar-refractivity contribution in [3.8, 4) is 0 Å². The van der Waals surface area contributed by atoms with Crippen molar-refractivity contribution in [3.63, 3.8) is 0 Å². The van der Waals surface area contributed by atoms with Gasteiger partial charge in [-0.15, -0.1) is 0 Å². The second kappa shape index (κ2) is 4.75. The molecule has 0 radical (unpaired) electrons. The number of nitrogens with two attached hydrogens (primary N) is 1. The van der Waals surface area contributed by atoms with Crippen LogP contribution in [0, 0.1) is 0 Å². The molecule has 0 aliphatic heterocycles. The summed E-state index contributed by atoms with van der Waals surface area (Å²) in [4.78, 5) is 11.4. The Morgan fingerprint density at radius 1 is 1.57 bits per heavy atom. The van der Waals surface area contributed by atoms with E-state index in [1.165, 1.54) is 0 Å². The predicted molar refractivity (Wildman–Crippen MR) is 54.7 cm³/mol. The van der Waals surface area contributed by atoms with Gasteiger partial charge in [-0.25, -0.2) is 0 Å². The first-order valence-corrected chi connectivity index (χ1v) is 5.25. The SMILES string of the molecule is CC(O)CNC(=O)CC1(N)CCCC1. The number of carbonyl (C=O) groups is 1. The average molecular weight is 200 g/mol. The van der Waals surface area contributed by atoms with E-state index in [-0.39, 0.29) is 11.4 Å². The Morgan fingerprint density at radius 3 is 2.64 bits per heavy atom. The largest absolute Gasteiger partial charge is 0.392 e. The van der Waals surface area contributed by atoms with Gasteiger partial charge in [-0.05, 0) is 19.8 Å². The van der Waals surface area contributed by atoms with Crippen molar-refractivity contribution < 1.29 is 9.90 Å². The summed E-state index contributed by atoms with van der Waals surface area (Å²) < 4.78 is 0. The molecular weight excluding hydrogens is 180 g/mol. The molecule has 0 aromatic rings. The Bertz CT molecular complexity index is 198. The molecule has 4 heteroatoms. The predicted octanol–water partition coefficient (Wildman–Crippen LogP) is 0.145. The molecule has 1 atom stereocenters. The van der Waals surface area contributed by atoms with E-state index in [1.54, 1.807) is 6.92 Å². The normalized spacial score (nSPS) is 21.9. The monoisotopic (exact) mass is 200 g/mol. The third-order valence-corrected chi connectivity index (χ3v) is 2.71. The number of aliphatic hydroxyl groups is 1. The van der Waals surface area contributed by atoms with Crippen molar-refractivity contribution in [2.24, 2.45) is 5.73 Å². The van der Waals surface area contributed by atoms with Gasteiger partial charge < -0.3 is 16.2 Å². The molecule has 0 saturated heterocycles. The molecule has 1 unspecified atom stereocenters. The minimum atomic E-state index is -0.490. The highest BCUT2D eigenvalue weighted by Crippen LogP contribution is 2.29. The van der Waals surface area contributed by atoms with E-state index in [0.29, 0.717) is 13.0 Å². The summed E-state index contributed by atoms with van der Waals surface area (Å²) in [5.74, 6) is -0.0460. The van der Waals surface area contributed by atoms with Crippen LogP contribution in [0.1, 0.15) is 39.0 Å². The topological polar surface area (TPSA) is 75.3 Å². The molecule has 1 amide bonds. The van der Waals surface area contributed by atoms with E-state index in [1.807, 2.05) is 0 Å². The highest BCUT2D eigenvalue weighted by atomic mass is 16.3. The first kappa shape index (κ1) is 11.5. The quantitative estimate of drug-likeness (QED) is 0.604. The fraction of sp³-hybridized carbons (Fsp3) is 0.900. The summed E-state index contributed by atoms with van der Waals surface area (Å²) in [6.07, 6.45) is 4.03. The van der Waals surface area contributed by atoms with Gasteiger partial charge in [0.1, 0.15) is 0 Å². The molecule has 0 heterocycles. The second-order valence-electron chi connectivity index (χ2n) is 4.40. The van der Waals surface area contributed by atoms with Crippen LogP contribution >= 0.6 is 0 Å². The smallest absolute Gasteiger partial charge is 0.221 e. The Kier molecular flexibility index (Phi) is 3.89. The fourth-order valence-corrected chi connectivity index (χ4v) is 1.90. The van der Waals surface area contributed by atoms with E-state index < -0.39 is 6.10 Å². The molecule has 1 aliphatic rings. The number of aliphatic hydroxyl groups excluding tert-OH is 1. The lowest BCUT2D eigenvalue weighted by atomic mass is 9.94. The van der Waals surface area contributed by atoms with Crippen LogP contribution in [0.3, 0.4) is 0 Å². The van der Waals surface area contributed by atoms with Crippen molar-refractivity contribution in [2.75, 3.05) is 6.54 Å². The molecule has 82 valence electrons. The fourth-order valence-electron chi connectivity index (χ4n) is 1.90. The number of amides is 1. The van der Waals surface area contributed by atoms with Crippen LogP contribution in [0.2, 0.25) is 0 Å². The summed E-state index contributed by atoms with van der Waals surface area (Å²) in [6.45, 7) is 1.96. The minimum absolute atomic E-state index is 0.0460. The van der Waals surface area contributed by atoms with Gasteiger partial charge in [0.25, 0.3) is 0 Å². The second-order valence-corrected chi connectivity index (χ2v) is 4.40. The number of nitrogens with one attached hydrogen (secondary N) is 1. The zero-order valence-electron chi connectivity index (χ0n) is 8.75. The maximum Gasteiger partial charge on any atom is 0.221 e. The van der Waals surface area contributed by atoms with Gasteiger partial charge in [0, 0.05) is 18.5 Å². The maximum absolute atomic E-state index is 11.4. The molecular formula is C10H20N2O2. The molecule has 0 spiro atoms. The zero-order chi connectivity index (χ0) is 10.6. The first-order valence-electron chi connectivity index (χ1n) is 5.25. The van der Waals surface area contributed by atoms with E-state index in [9.17, 15) is 4.79 Å². The molecule has 4 nitrogen and oxygen atoms in total. The number of hydrogen-bond donors (Lipinski definition) is 3. The Balaban J connectivity index is 2.25.